The highest BCUT2D eigenvalue weighted by molar-refractivity contribution is 5.38. The number of nitrogens with zero attached hydrogens (tertiary/aromatic N) is 1. The second-order valence-electron chi connectivity index (χ2n) is 5.76. The van der Waals surface area contributed by atoms with Crippen LogP contribution < -0.4 is 0 Å². The largest absolute Gasteiger partial charge is 0.392 e. The van der Waals surface area contributed by atoms with E-state index in [9.17, 15) is 5.11 Å². The summed E-state index contributed by atoms with van der Waals surface area (Å²) in [5.41, 5.74) is 0. The average Bonchev–Trinajstić information content (AvgIpc) is 3.04. The van der Waals surface area contributed by atoms with Gasteiger partial charge in [-0.05, 0) is 41.4 Å². The lowest BCUT2D eigenvalue weighted by Gasteiger charge is -2.17. The number of hydrogen-bond donors (Lipinski definition) is 1. The van der Waals surface area contributed by atoms with Crippen LogP contribution >= 0.6 is 0 Å². The maximum Gasteiger partial charge on any atom is 0.0663 e. The maximum absolute atomic E-state index is 10.1. The van der Waals surface area contributed by atoms with E-state index in [1.807, 2.05) is 0 Å². The van der Waals surface area contributed by atoms with Crippen LogP contribution in [-0.2, 0) is 0 Å². The van der Waals surface area contributed by atoms with E-state index in [0.717, 1.165) is 29.6 Å². The fourth-order valence-corrected chi connectivity index (χ4v) is 5.37. The Balaban J connectivity index is 1.62. The molecule has 0 saturated heterocycles. The second-order valence-corrected chi connectivity index (χ2v) is 5.76. The molecule has 8 atom stereocenters. The van der Waals surface area contributed by atoms with E-state index in [2.05, 4.69) is 6.07 Å². The zero-order valence-electron chi connectivity index (χ0n) is 7.17. The molecule has 2 bridgehead atoms. The number of nitriles is 1. The Morgan fingerprint density at radius 1 is 0.769 bits per heavy atom. The Hall–Kier alpha value is -0.550. The summed E-state index contributed by atoms with van der Waals surface area (Å²) in [7, 11) is 0. The number of rotatable bonds is 0. The zero-order valence-corrected chi connectivity index (χ0v) is 7.17. The highest BCUT2D eigenvalue weighted by atomic mass is 16.3. The minimum atomic E-state index is -0.0929. The number of hydrogen-bond acceptors (Lipinski definition) is 2. The summed E-state index contributed by atoms with van der Waals surface area (Å²) in [5, 5.41) is 19.0. The molecule has 2 heteroatoms. The zero-order chi connectivity index (χ0) is 8.48. The van der Waals surface area contributed by atoms with Crippen LogP contribution in [0.3, 0.4) is 0 Å². The van der Waals surface area contributed by atoms with Crippen molar-refractivity contribution in [1.29, 1.82) is 5.26 Å². The Kier molecular flexibility index (Phi) is 0.626. The maximum atomic E-state index is 10.1. The van der Waals surface area contributed by atoms with Gasteiger partial charge in [0.2, 0.25) is 0 Å². The first-order valence-electron chi connectivity index (χ1n) is 5.44. The minimum absolute atomic E-state index is 0.0929. The van der Waals surface area contributed by atoms with E-state index in [4.69, 9.17) is 5.26 Å². The Morgan fingerprint density at radius 2 is 1.31 bits per heavy atom. The molecule has 0 radical (unpaired) electrons. The summed E-state index contributed by atoms with van der Waals surface area (Å²) in [6.07, 6.45) is -0.0929. The van der Waals surface area contributed by atoms with Crippen LogP contribution in [0.4, 0.5) is 0 Å². The molecular weight excluding hydrogens is 162 g/mol. The van der Waals surface area contributed by atoms with Gasteiger partial charge in [0.05, 0.1) is 18.1 Å². The highest BCUT2D eigenvalue weighted by Gasteiger charge is 2.90. The Morgan fingerprint density at radius 3 is 1.92 bits per heavy atom. The van der Waals surface area contributed by atoms with Gasteiger partial charge in [-0.3, -0.25) is 0 Å². The number of aliphatic hydroxyl groups excluding tert-OH is 1. The molecule has 6 rings (SSSR count). The monoisotopic (exact) mass is 173 g/mol. The quantitative estimate of drug-likeness (QED) is 0.579. The molecule has 13 heavy (non-hydrogen) atoms. The van der Waals surface area contributed by atoms with Crippen molar-refractivity contribution in [2.45, 2.75) is 6.10 Å². The normalized spacial score (nSPS) is 83.7. The molecule has 66 valence electrons. The topological polar surface area (TPSA) is 44.0 Å². The summed E-state index contributed by atoms with van der Waals surface area (Å²) in [6, 6.07) is 2.37. The predicted octanol–water partition coefficient (Wildman–Crippen LogP) is 0.485. The summed E-state index contributed by atoms with van der Waals surface area (Å²) >= 11 is 0. The lowest BCUT2D eigenvalue weighted by molar-refractivity contribution is 0.0879. The molecule has 0 aromatic heterocycles. The van der Waals surface area contributed by atoms with Gasteiger partial charge in [0.15, 0.2) is 0 Å². The van der Waals surface area contributed by atoms with Gasteiger partial charge in [0.25, 0.3) is 0 Å². The summed E-state index contributed by atoms with van der Waals surface area (Å²) in [5.74, 6) is 6.59. The third kappa shape index (κ3) is 0.386. The smallest absolute Gasteiger partial charge is 0.0663 e. The second kappa shape index (κ2) is 1.35. The van der Waals surface area contributed by atoms with Crippen molar-refractivity contribution < 1.29 is 5.11 Å². The Bertz CT molecular complexity index is 363. The minimum Gasteiger partial charge on any atom is -0.392 e. The van der Waals surface area contributed by atoms with Crippen LogP contribution in [0.15, 0.2) is 0 Å². The lowest BCUT2D eigenvalue weighted by atomic mass is 9.90. The number of fused-ring (bicyclic) bond motifs is 1. The lowest BCUT2D eigenvalue weighted by Crippen LogP contribution is -2.23. The molecule has 2 nitrogen and oxygen atoms in total. The van der Waals surface area contributed by atoms with Crippen molar-refractivity contribution in [3.63, 3.8) is 0 Å². The molecule has 0 heterocycles. The summed E-state index contributed by atoms with van der Waals surface area (Å²) < 4.78 is 0. The van der Waals surface area contributed by atoms with Crippen LogP contribution in [0.25, 0.3) is 0 Å². The van der Waals surface area contributed by atoms with Gasteiger partial charge in [-0.1, -0.05) is 0 Å². The summed E-state index contributed by atoms with van der Waals surface area (Å²) in [4.78, 5) is 0. The fraction of sp³-hybridized carbons (Fsp3) is 0.909. The van der Waals surface area contributed by atoms with Crippen LogP contribution in [0.1, 0.15) is 0 Å². The van der Waals surface area contributed by atoms with Gasteiger partial charge in [-0.15, -0.1) is 0 Å². The molecule has 6 saturated carbocycles. The average molecular weight is 173 g/mol. The third-order valence-corrected chi connectivity index (χ3v) is 5.79. The molecule has 6 fully saturated rings. The first-order chi connectivity index (χ1) is 6.36. The van der Waals surface area contributed by atoms with Crippen LogP contribution in [0, 0.1) is 64.6 Å². The van der Waals surface area contributed by atoms with Gasteiger partial charge in [0.1, 0.15) is 0 Å². The van der Waals surface area contributed by atoms with Crippen LogP contribution in [0.2, 0.25) is 0 Å². The standard InChI is InChI=1S/C11H11NO/c12-1-2-3-4(2)11(13)10-5(3)6-7-8(6)9(7)10/h2-11,13H. The summed E-state index contributed by atoms with van der Waals surface area (Å²) in [6.45, 7) is 0. The number of aliphatic hydroxyl groups is 1. The molecular formula is C11H11NO. The van der Waals surface area contributed by atoms with Crippen molar-refractivity contribution in [3.8, 4) is 6.07 Å². The van der Waals surface area contributed by atoms with Crippen molar-refractivity contribution in [1.82, 2.24) is 0 Å². The van der Waals surface area contributed by atoms with Crippen molar-refractivity contribution >= 4 is 0 Å². The van der Waals surface area contributed by atoms with E-state index < -0.39 is 0 Å². The molecule has 0 aromatic rings. The van der Waals surface area contributed by atoms with Gasteiger partial charge in [0, 0.05) is 5.92 Å². The predicted molar refractivity (Wildman–Crippen MR) is 43.0 cm³/mol. The van der Waals surface area contributed by atoms with Gasteiger partial charge in [-0.2, -0.15) is 5.26 Å². The van der Waals surface area contributed by atoms with Crippen molar-refractivity contribution in [2.75, 3.05) is 0 Å². The van der Waals surface area contributed by atoms with Crippen molar-refractivity contribution in [3.05, 3.63) is 0 Å². The van der Waals surface area contributed by atoms with E-state index in [-0.39, 0.29) is 12.0 Å². The van der Waals surface area contributed by atoms with E-state index in [0.29, 0.717) is 17.8 Å². The SMILES string of the molecule is N#CC1C2C(O)C3C(C12)C1C2C3C12. The van der Waals surface area contributed by atoms with Gasteiger partial charge >= 0.3 is 0 Å². The van der Waals surface area contributed by atoms with E-state index >= 15 is 0 Å². The molecule has 1 N–H and O–H groups in total. The van der Waals surface area contributed by atoms with E-state index in [1.54, 1.807) is 0 Å². The third-order valence-electron chi connectivity index (χ3n) is 5.79. The van der Waals surface area contributed by atoms with Crippen LogP contribution in [0.5, 0.6) is 0 Å². The fourth-order valence-electron chi connectivity index (χ4n) is 5.37. The molecule has 8 unspecified atom stereocenters. The molecule has 0 aliphatic heterocycles. The molecule has 0 spiro atoms. The molecule has 0 aromatic carbocycles. The molecule has 6 aliphatic rings. The van der Waals surface area contributed by atoms with Gasteiger partial charge < -0.3 is 5.11 Å². The first kappa shape index (κ1) is 6.03. The molecule has 6 aliphatic carbocycles. The Labute approximate surface area is 76.5 Å². The van der Waals surface area contributed by atoms with Gasteiger partial charge in [-0.25, -0.2) is 0 Å². The van der Waals surface area contributed by atoms with E-state index in [1.165, 1.54) is 0 Å². The van der Waals surface area contributed by atoms with Crippen molar-refractivity contribution in [2.24, 2.45) is 53.3 Å². The highest BCUT2D eigenvalue weighted by Crippen LogP contribution is 2.91. The van der Waals surface area contributed by atoms with Crippen LogP contribution in [-0.4, -0.2) is 11.2 Å². The molecule has 0 amide bonds. The first-order valence-corrected chi connectivity index (χ1v) is 5.44.